The number of hydrogen-bond donors (Lipinski definition) is 2. The molecule has 22 heavy (non-hydrogen) atoms. The second kappa shape index (κ2) is 6.51. The molecular weight excluding hydrogens is 324 g/mol. The number of alkyl halides is 3. The molecule has 0 saturated heterocycles. The summed E-state index contributed by atoms with van der Waals surface area (Å²) in [4.78, 5) is -0.657. The molecule has 1 rings (SSSR count). The molecule has 1 aromatic rings. The van der Waals surface area contributed by atoms with Gasteiger partial charge in [-0.1, -0.05) is 13.8 Å². The molecule has 3 N–H and O–H groups in total. The van der Waals surface area contributed by atoms with Crippen LogP contribution in [0.3, 0.4) is 0 Å². The Kier molecular flexibility index (Phi) is 5.58. The highest BCUT2D eigenvalue weighted by Crippen LogP contribution is 2.32. The Morgan fingerprint density at radius 2 is 1.73 bits per heavy atom. The van der Waals surface area contributed by atoms with E-state index < -0.39 is 38.0 Å². The summed E-state index contributed by atoms with van der Waals surface area (Å²) in [6, 6.07) is 1.53. The van der Waals surface area contributed by atoms with Crippen molar-refractivity contribution in [3.8, 4) is 0 Å². The largest absolute Gasteiger partial charge is 0.419 e. The molecule has 126 valence electrons. The number of rotatable bonds is 6. The summed E-state index contributed by atoms with van der Waals surface area (Å²) in [6.07, 6.45) is -3.99. The average molecular weight is 342 g/mol. The van der Waals surface area contributed by atoms with E-state index in [9.17, 15) is 26.0 Å². The molecule has 0 spiro atoms. The molecular formula is C13H18F4N2O2S. The van der Waals surface area contributed by atoms with E-state index in [0.29, 0.717) is 18.9 Å². The van der Waals surface area contributed by atoms with Crippen molar-refractivity contribution in [3.05, 3.63) is 29.6 Å². The number of nitrogens with one attached hydrogen (secondary N) is 1. The van der Waals surface area contributed by atoms with E-state index in [1.165, 1.54) is 0 Å². The van der Waals surface area contributed by atoms with Crippen molar-refractivity contribution in [2.75, 3.05) is 6.54 Å². The van der Waals surface area contributed by atoms with Crippen molar-refractivity contribution in [2.45, 2.75) is 43.3 Å². The fourth-order valence-electron chi connectivity index (χ4n) is 1.71. The zero-order chi connectivity index (χ0) is 17.2. The highest BCUT2D eigenvalue weighted by molar-refractivity contribution is 7.89. The molecule has 0 unspecified atom stereocenters. The highest BCUT2D eigenvalue weighted by atomic mass is 32.2. The van der Waals surface area contributed by atoms with Crippen LogP contribution < -0.4 is 10.5 Å². The highest BCUT2D eigenvalue weighted by Gasteiger charge is 2.35. The SMILES string of the molecule is CCC(N)(CC)CNS(=O)(=O)c1ccc(F)c(C(F)(F)F)c1. The van der Waals surface area contributed by atoms with E-state index in [4.69, 9.17) is 5.73 Å². The van der Waals surface area contributed by atoms with Gasteiger partial charge in [0.1, 0.15) is 5.82 Å². The first-order chi connectivity index (χ1) is 9.95. The summed E-state index contributed by atoms with van der Waals surface area (Å²) in [5.41, 5.74) is 3.52. The quantitative estimate of drug-likeness (QED) is 0.781. The number of benzene rings is 1. The van der Waals surface area contributed by atoms with Crippen molar-refractivity contribution in [3.63, 3.8) is 0 Å². The second-order valence-corrected chi connectivity index (χ2v) is 6.80. The molecule has 0 bridgehead atoms. The Balaban J connectivity index is 3.09. The molecule has 0 aliphatic rings. The van der Waals surface area contributed by atoms with E-state index in [1.54, 1.807) is 13.8 Å². The minimum absolute atomic E-state index is 0.124. The van der Waals surface area contributed by atoms with Gasteiger partial charge in [0.05, 0.1) is 10.5 Å². The van der Waals surface area contributed by atoms with Gasteiger partial charge < -0.3 is 5.73 Å². The maximum absolute atomic E-state index is 13.2. The average Bonchev–Trinajstić information content (AvgIpc) is 2.44. The van der Waals surface area contributed by atoms with Crippen LogP contribution >= 0.6 is 0 Å². The second-order valence-electron chi connectivity index (χ2n) is 5.03. The number of sulfonamides is 1. The van der Waals surface area contributed by atoms with E-state index in [2.05, 4.69) is 4.72 Å². The maximum Gasteiger partial charge on any atom is 0.419 e. The summed E-state index contributed by atoms with van der Waals surface area (Å²) in [5.74, 6) is -1.53. The summed E-state index contributed by atoms with van der Waals surface area (Å²) in [6.45, 7) is 3.43. The predicted molar refractivity (Wildman–Crippen MR) is 74.1 cm³/mol. The Hall–Kier alpha value is -1.19. The van der Waals surface area contributed by atoms with Crippen LogP contribution in [0.2, 0.25) is 0 Å². The van der Waals surface area contributed by atoms with Crippen LogP contribution in [0.5, 0.6) is 0 Å². The third-order valence-electron chi connectivity index (χ3n) is 3.58. The molecule has 9 heteroatoms. The summed E-state index contributed by atoms with van der Waals surface area (Å²) in [5, 5.41) is 0. The van der Waals surface area contributed by atoms with E-state index in [0.717, 1.165) is 6.07 Å². The Labute approximate surface area is 126 Å². The Morgan fingerprint density at radius 1 is 1.18 bits per heavy atom. The normalized spacial score (nSPS) is 13.4. The van der Waals surface area contributed by atoms with Gasteiger partial charge in [-0.05, 0) is 31.0 Å². The minimum Gasteiger partial charge on any atom is -0.324 e. The van der Waals surface area contributed by atoms with Crippen LogP contribution in [-0.2, 0) is 16.2 Å². The topological polar surface area (TPSA) is 72.2 Å². The number of halogens is 4. The van der Waals surface area contributed by atoms with Gasteiger partial charge in [0.15, 0.2) is 0 Å². The molecule has 0 radical (unpaired) electrons. The van der Waals surface area contributed by atoms with Crippen LogP contribution in [0.4, 0.5) is 17.6 Å². The third-order valence-corrected chi connectivity index (χ3v) is 4.97. The Morgan fingerprint density at radius 3 is 2.18 bits per heavy atom. The van der Waals surface area contributed by atoms with E-state index >= 15 is 0 Å². The molecule has 0 aliphatic carbocycles. The smallest absolute Gasteiger partial charge is 0.324 e. The van der Waals surface area contributed by atoms with E-state index in [1.807, 2.05) is 0 Å². The lowest BCUT2D eigenvalue weighted by Gasteiger charge is -2.26. The lowest BCUT2D eigenvalue weighted by atomic mass is 9.95. The lowest BCUT2D eigenvalue weighted by Crippen LogP contribution is -2.49. The van der Waals surface area contributed by atoms with Gasteiger partial charge in [-0.25, -0.2) is 17.5 Å². The van der Waals surface area contributed by atoms with Crippen LogP contribution in [0.1, 0.15) is 32.3 Å². The molecule has 0 aromatic heterocycles. The van der Waals surface area contributed by atoms with Crippen molar-refractivity contribution in [1.82, 2.24) is 4.72 Å². The van der Waals surface area contributed by atoms with Crippen LogP contribution in [-0.4, -0.2) is 20.5 Å². The molecule has 0 fully saturated rings. The lowest BCUT2D eigenvalue weighted by molar-refractivity contribution is -0.140. The zero-order valence-electron chi connectivity index (χ0n) is 12.2. The fourth-order valence-corrected chi connectivity index (χ4v) is 2.88. The fraction of sp³-hybridized carbons (Fsp3) is 0.538. The van der Waals surface area contributed by atoms with Crippen LogP contribution in [0.15, 0.2) is 23.1 Å². The van der Waals surface area contributed by atoms with Gasteiger partial charge in [-0.2, -0.15) is 13.2 Å². The van der Waals surface area contributed by atoms with Gasteiger partial charge in [0.2, 0.25) is 10.0 Å². The first kappa shape index (κ1) is 18.9. The van der Waals surface area contributed by atoms with Crippen molar-refractivity contribution < 1.29 is 26.0 Å². The first-order valence-corrected chi connectivity index (χ1v) is 8.09. The van der Waals surface area contributed by atoms with Crippen molar-refractivity contribution in [2.24, 2.45) is 5.73 Å². The molecule has 0 aliphatic heterocycles. The minimum atomic E-state index is -4.97. The maximum atomic E-state index is 13.2. The molecule has 0 amide bonds. The Bertz CT molecular complexity index is 625. The van der Waals surface area contributed by atoms with Gasteiger partial charge in [0.25, 0.3) is 0 Å². The van der Waals surface area contributed by atoms with Crippen molar-refractivity contribution in [1.29, 1.82) is 0 Å². The molecule has 0 heterocycles. The van der Waals surface area contributed by atoms with Crippen molar-refractivity contribution >= 4 is 10.0 Å². The van der Waals surface area contributed by atoms with Gasteiger partial charge in [0, 0.05) is 12.1 Å². The first-order valence-electron chi connectivity index (χ1n) is 6.60. The monoisotopic (exact) mass is 342 g/mol. The molecule has 4 nitrogen and oxygen atoms in total. The molecule has 1 aromatic carbocycles. The molecule has 0 saturated carbocycles. The van der Waals surface area contributed by atoms with Crippen LogP contribution in [0, 0.1) is 5.82 Å². The van der Waals surface area contributed by atoms with Gasteiger partial charge in [-0.15, -0.1) is 0 Å². The third kappa shape index (κ3) is 4.40. The summed E-state index contributed by atoms with van der Waals surface area (Å²) < 4.78 is 77.3. The number of nitrogens with two attached hydrogens (primary N) is 1. The molecule has 0 atom stereocenters. The van der Waals surface area contributed by atoms with Gasteiger partial charge >= 0.3 is 6.18 Å². The van der Waals surface area contributed by atoms with E-state index in [-0.39, 0.29) is 12.6 Å². The zero-order valence-corrected chi connectivity index (χ0v) is 13.0. The summed E-state index contributed by atoms with van der Waals surface area (Å²) in [7, 11) is -4.21. The number of hydrogen-bond acceptors (Lipinski definition) is 3. The van der Waals surface area contributed by atoms with Gasteiger partial charge in [-0.3, -0.25) is 0 Å². The summed E-state index contributed by atoms with van der Waals surface area (Å²) >= 11 is 0. The standard InChI is InChI=1S/C13H18F4N2O2S/c1-3-12(18,4-2)8-19-22(20,21)9-5-6-11(14)10(7-9)13(15,16)17/h5-7,19H,3-4,8,18H2,1-2H3. The predicted octanol–water partition coefficient (Wildman–Crippen LogP) is 2.64. The van der Waals surface area contributed by atoms with Crippen LogP contribution in [0.25, 0.3) is 0 Å².